The average molecular weight is 507 g/mol. The quantitative estimate of drug-likeness (QED) is 0.181. The fraction of sp³-hybridized carbons (Fsp3) is 0.125. The topological polar surface area (TPSA) is 60.4 Å². The van der Waals surface area contributed by atoms with Crippen molar-refractivity contribution in [2.24, 2.45) is 0 Å². The summed E-state index contributed by atoms with van der Waals surface area (Å²) in [5.74, 6) is -0.683. The van der Waals surface area contributed by atoms with Crippen molar-refractivity contribution in [2.45, 2.75) is 13.8 Å². The highest BCUT2D eigenvalue weighted by atomic mass is 16.5. The number of nitrogens with zero attached hydrogens (tertiary/aromatic N) is 2. The maximum Gasteiger partial charge on any atom is 0.330 e. The molecule has 0 radical (unpaired) electrons. The molecule has 0 aliphatic carbocycles. The van der Waals surface area contributed by atoms with Crippen LogP contribution in [0.3, 0.4) is 0 Å². The first kappa shape index (κ1) is 26.2. The van der Waals surface area contributed by atoms with E-state index in [1.165, 1.54) is 12.2 Å². The van der Waals surface area contributed by atoms with Crippen LogP contribution in [0.15, 0.2) is 110 Å². The number of benzene rings is 2. The summed E-state index contributed by atoms with van der Waals surface area (Å²) in [6.45, 7) is 4.30. The van der Waals surface area contributed by atoms with Crippen molar-refractivity contribution in [3.05, 3.63) is 121 Å². The second-order valence-corrected chi connectivity index (χ2v) is 8.34. The zero-order chi connectivity index (χ0) is 26.7. The molecule has 0 aliphatic rings. The highest BCUT2D eigenvalue weighted by molar-refractivity contribution is 5.87. The van der Waals surface area contributed by atoms with Gasteiger partial charge < -0.3 is 9.47 Å². The van der Waals surface area contributed by atoms with Crippen LogP contribution in [0.25, 0.3) is 34.7 Å². The van der Waals surface area contributed by atoms with Crippen LogP contribution in [0, 0.1) is 0 Å². The summed E-state index contributed by atoms with van der Waals surface area (Å²) in [6.07, 6.45) is 14.5. The van der Waals surface area contributed by atoms with Crippen molar-refractivity contribution >= 4 is 24.1 Å². The number of hydrogen-bond donors (Lipinski definition) is 0. The Morgan fingerprint density at radius 1 is 0.579 bits per heavy atom. The van der Waals surface area contributed by atoms with Gasteiger partial charge in [0, 0.05) is 60.7 Å². The minimum Gasteiger partial charge on any atom is -0.463 e. The van der Waals surface area contributed by atoms with E-state index in [-0.39, 0.29) is 11.9 Å². The SMILES string of the molecule is CCOC(=O)C=Cc1ccc(-[n+]2ccc(-c3cc[n+](-c4ccc(C=CC(=O)OCC)cc4)cc3)cc2)cc1. The molecule has 0 fully saturated rings. The molecule has 0 saturated carbocycles. The van der Waals surface area contributed by atoms with Crippen LogP contribution >= 0.6 is 0 Å². The van der Waals surface area contributed by atoms with Crippen LogP contribution < -0.4 is 9.13 Å². The van der Waals surface area contributed by atoms with Crippen molar-refractivity contribution in [3.63, 3.8) is 0 Å². The maximum absolute atomic E-state index is 11.5. The monoisotopic (exact) mass is 506 g/mol. The number of ether oxygens (including phenoxy) is 2. The molecular formula is C32H30N2O4+2. The second kappa shape index (κ2) is 12.9. The first-order chi connectivity index (χ1) is 18.6. The lowest BCUT2D eigenvalue weighted by Gasteiger charge is -2.02. The van der Waals surface area contributed by atoms with Crippen molar-refractivity contribution in [3.8, 4) is 22.5 Å². The lowest BCUT2D eigenvalue weighted by Crippen LogP contribution is -2.29. The van der Waals surface area contributed by atoms with Crippen LogP contribution in [0.2, 0.25) is 0 Å². The first-order valence-electron chi connectivity index (χ1n) is 12.5. The van der Waals surface area contributed by atoms with E-state index in [2.05, 4.69) is 24.3 Å². The number of carbonyl (C=O) groups is 2. The highest BCUT2D eigenvalue weighted by Gasteiger charge is 2.10. The molecule has 4 rings (SSSR count). The molecule has 2 aromatic heterocycles. The zero-order valence-electron chi connectivity index (χ0n) is 21.5. The van der Waals surface area contributed by atoms with Gasteiger partial charge in [-0.05, 0) is 72.5 Å². The molecule has 2 heterocycles. The number of aromatic nitrogens is 2. The van der Waals surface area contributed by atoms with Crippen LogP contribution in [0.5, 0.6) is 0 Å². The average Bonchev–Trinajstić information content (AvgIpc) is 2.96. The van der Waals surface area contributed by atoms with Crippen molar-refractivity contribution in [1.82, 2.24) is 0 Å². The van der Waals surface area contributed by atoms with E-state index in [4.69, 9.17) is 9.47 Å². The first-order valence-corrected chi connectivity index (χ1v) is 12.5. The molecule has 0 atom stereocenters. The molecule has 6 nitrogen and oxygen atoms in total. The van der Waals surface area contributed by atoms with Gasteiger partial charge in [-0.15, -0.1) is 0 Å². The van der Waals surface area contributed by atoms with Crippen LogP contribution in [-0.2, 0) is 19.1 Å². The van der Waals surface area contributed by atoms with Gasteiger partial charge in [-0.2, -0.15) is 9.13 Å². The van der Waals surface area contributed by atoms with Gasteiger partial charge >= 0.3 is 11.9 Å². The summed E-state index contributed by atoms with van der Waals surface area (Å²) < 4.78 is 13.9. The van der Waals surface area contributed by atoms with Crippen molar-refractivity contribution < 1.29 is 28.2 Å². The van der Waals surface area contributed by atoms with E-state index in [0.29, 0.717) is 13.2 Å². The fourth-order valence-electron chi connectivity index (χ4n) is 3.81. The van der Waals surface area contributed by atoms with E-state index in [0.717, 1.165) is 33.6 Å². The number of pyridine rings is 2. The maximum atomic E-state index is 11.5. The molecule has 6 heteroatoms. The van der Waals surface area contributed by atoms with Gasteiger partial charge in [-0.1, -0.05) is 0 Å². The standard InChI is InChI=1S/C32H30N2O4/c1-3-37-31(35)15-9-25-5-11-29(12-6-25)33-21-17-27(18-22-33)28-19-23-34(24-20-28)30-13-7-26(8-14-30)10-16-32(36)38-4-2/h5-24H,3-4H2,1-2H3/q+2. The smallest absolute Gasteiger partial charge is 0.330 e. The normalized spacial score (nSPS) is 11.1. The molecule has 0 aliphatic heterocycles. The summed E-state index contributed by atoms with van der Waals surface area (Å²) in [7, 11) is 0. The fourth-order valence-corrected chi connectivity index (χ4v) is 3.81. The Morgan fingerprint density at radius 2 is 0.921 bits per heavy atom. The molecule has 38 heavy (non-hydrogen) atoms. The largest absolute Gasteiger partial charge is 0.463 e. The Balaban J connectivity index is 1.40. The van der Waals surface area contributed by atoms with Gasteiger partial charge in [0.05, 0.1) is 13.2 Å². The van der Waals surface area contributed by atoms with Gasteiger partial charge in [0.25, 0.3) is 0 Å². The molecule has 2 aromatic carbocycles. The number of rotatable bonds is 9. The van der Waals surface area contributed by atoms with Crippen molar-refractivity contribution in [2.75, 3.05) is 13.2 Å². The Morgan fingerprint density at radius 3 is 1.24 bits per heavy atom. The number of carbonyl (C=O) groups excluding carboxylic acids is 2. The molecule has 0 spiro atoms. The second-order valence-electron chi connectivity index (χ2n) is 8.34. The lowest BCUT2D eigenvalue weighted by molar-refractivity contribution is -0.596. The predicted octanol–water partition coefficient (Wildman–Crippen LogP) is 5.06. The Kier molecular flexibility index (Phi) is 8.92. The Bertz CT molecular complexity index is 1310. The third-order valence-corrected chi connectivity index (χ3v) is 5.77. The molecule has 4 aromatic rings. The summed E-state index contributed by atoms with van der Waals surface area (Å²) >= 11 is 0. The number of hydrogen-bond acceptors (Lipinski definition) is 4. The molecule has 0 N–H and O–H groups in total. The van der Waals surface area contributed by atoms with Crippen LogP contribution in [0.4, 0.5) is 0 Å². The summed E-state index contributed by atoms with van der Waals surface area (Å²) in [6, 6.07) is 24.2. The van der Waals surface area contributed by atoms with Crippen LogP contribution in [0.1, 0.15) is 25.0 Å². The minimum absolute atomic E-state index is 0.342. The van der Waals surface area contributed by atoms with Gasteiger partial charge in [-0.25, -0.2) is 9.59 Å². The Labute approximate surface area is 222 Å². The van der Waals surface area contributed by atoms with Crippen molar-refractivity contribution in [1.29, 1.82) is 0 Å². The molecule has 0 amide bonds. The van der Waals surface area contributed by atoms with Gasteiger partial charge in [0.2, 0.25) is 11.4 Å². The van der Waals surface area contributed by atoms with E-state index in [1.807, 2.05) is 82.5 Å². The predicted molar refractivity (Wildman–Crippen MR) is 146 cm³/mol. The lowest BCUT2D eigenvalue weighted by atomic mass is 10.1. The molecule has 0 unspecified atom stereocenters. The van der Waals surface area contributed by atoms with Gasteiger partial charge in [-0.3, -0.25) is 0 Å². The molecule has 0 bridgehead atoms. The number of esters is 2. The third kappa shape index (κ3) is 7.11. The summed E-state index contributed by atoms with van der Waals surface area (Å²) in [4.78, 5) is 23.0. The third-order valence-electron chi connectivity index (χ3n) is 5.77. The zero-order valence-corrected chi connectivity index (χ0v) is 21.5. The summed E-state index contributed by atoms with van der Waals surface area (Å²) in [5.41, 5.74) is 6.13. The molecule has 190 valence electrons. The van der Waals surface area contributed by atoms with Gasteiger partial charge in [0.15, 0.2) is 24.8 Å². The highest BCUT2D eigenvalue weighted by Crippen LogP contribution is 2.17. The Hall–Kier alpha value is -4.84. The molecule has 0 saturated heterocycles. The molecular weight excluding hydrogens is 476 g/mol. The van der Waals surface area contributed by atoms with E-state index >= 15 is 0 Å². The van der Waals surface area contributed by atoms with E-state index in [1.54, 1.807) is 26.0 Å². The minimum atomic E-state index is -0.342. The van der Waals surface area contributed by atoms with E-state index in [9.17, 15) is 9.59 Å². The van der Waals surface area contributed by atoms with Gasteiger partial charge in [0.1, 0.15) is 0 Å². The summed E-state index contributed by atoms with van der Waals surface area (Å²) in [5, 5.41) is 0. The van der Waals surface area contributed by atoms with E-state index < -0.39 is 0 Å². The van der Waals surface area contributed by atoms with Crippen LogP contribution in [-0.4, -0.2) is 25.2 Å².